The van der Waals surface area contributed by atoms with E-state index in [-0.39, 0.29) is 12.4 Å². The van der Waals surface area contributed by atoms with Crippen molar-refractivity contribution in [3.05, 3.63) is 35.1 Å². The first kappa shape index (κ1) is 8.76. The molecule has 0 radical (unpaired) electrons. The number of halogens is 1. The molecule has 0 spiro atoms. The van der Waals surface area contributed by atoms with Gasteiger partial charge in [0, 0.05) is 0 Å². The number of hydrogen-bond acceptors (Lipinski definition) is 1. The van der Waals surface area contributed by atoms with E-state index in [1.807, 2.05) is 0 Å². The molecule has 0 aliphatic rings. The fourth-order valence-electron chi connectivity index (χ4n) is 0.879. The maximum absolute atomic E-state index is 13.1. The van der Waals surface area contributed by atoms with Gasteiger partial charge in [-0.15, -0.1) is 0 Å². The lowest BCUT2D eigenvalue weighted by Gasteiger charge is -1.96. The zero-order valence-corrected chi connectivity index (χ0v) is 6.76. The van der Waals surface area contributed by atoms with Crippen molar-refractivity contribution in [2.45, 2.75) is 6.92 Å². The van der Waals surface area contributed by atoms with E-state index in [1.54, 1.807) is 25.1 Å². The number of aryl methyl sites for hydroxylation is 1. The number of aliphatic hydroxyl groups excluding tert-OH is 1. The second kappa shape index (κ2) is 3.89. The van der Waals surface area contributed by atoms with Crippen LogP contribution in [-0.4, -0.2) is 11.7 Å². The lowest BCUT2D eigenvalue weighted by molar-refractivity contribution is 0.350. The van der Waals surface area contributed by atoms with Crippen molar-refractivity contribution in [2.75, 3.05) is 6.61 Å². The Morgan fingerprint density at radius 3 is 2.92 bits per heavy atom. The third-order valence-electron chi connectivity index (χ3n) is 1.49. The van der Waals surface area contributed by atoms with Gasteiger partial charge in [-0.25, -0.2) is 4.39 Å². The molecule has 2 heteroatoms. The van der Waals surface area contributed by atoms with Crippen LogP contribution in [-0.2, 0) is 0 Å². The van der Waals surface area contributed by atoms with Gasteiger partial charge in [0.2, 0.25) is 0 Å². The molecule has 12 heavy (non-hydrogen) atoms. The molecule has 0 atom stereocenters. The Kier molecular flexibility index (Phi) is 2.84. The smallest absolute Gasteiger partial charge is 0.141 e. The number of aliphatic hydroxyl groups is 1. The maximum atomic E-state index is 13.1. The second-order valence-corrected chi connectivity index (χ2v) is 2.40. The Balaban J connectivity index is 3.08. The summed E-state index contributed by atoms with van der Waals surface area (Å²) in [5, 5.41) is 8.39. The molecule has 0 amide bonds. The van der Waals surface area contributed by atoms with Gasteiger partial charge in [-0.05, 0) is 18.6 Å². The van der Waals surface area contributed by atoms with Crippen LogP contribution in [0.5, 0.6) is 0 Å². The molecular formula is C10H9FO. The van der Waals surface area contributed by atoms with Crippen LogP contribution in [0, 0.1) is 24.6 Å². The van der Waals surface area contributed by atoms with Gasteiger partial charge in [0.15, 0.2) is 0 Å². The number of hydrogen-bond donors (Lipinski definition) is 1. The van der Waals surface area contributed by atoms with Crippen molar-refractivity contribution in [3.63, 3.8) is 0 Å². The molecule has 0 aromatic heterocycles. The van der Waals surface area contributed by atoms with E-state index >= 15 is 0 Å². The Morgan fingerprint density at radius 2 is 2.25 bits per heavy atom. The molecule has 1 aromatic rings. The van der Waals surface area contributed by atoms with Crippen LogP contribution in [0.15, 0.2) is 18.2 Å². The number of rotatable bonds is 0. The Labute approximate surface area is 70.9 Å². The first-order chi connectivity index (χ1) is 5.75. The van der Waals surface area contributed by atoms with E-state index in [0.717, 1.165) is 0 Å². The highest BCUT2D eigenvalue weighted by molar-refractivity contribution is 5.38. The molecule has 1 N–H and O–H groups in total. The summed E-state index contributed by atoms with van der Waals surface area (Å²) in [5.74, 6) is 4.62. The van der Waals surface area contributed by atoms with E-state index in [9.17, 15) is 4.39 Å². The average Bonchev–Trinajstić information content (AvgIpc) is 2.08. The van der Waals surface area contributed by atoms with Gasteiger partial charge in [-0.1, -0.05) is 24.0 Å². The first-order valence-electron chi connectivity index (χ1n) is 3.60. The predicted molar refractivity (Wildman–Crippen MR) is 45.1 cm³/mol. The minimum Gasteiger partial charge on any atom is -0.384 e. The topological polar surface area (TPSA) is 20.2 Å². The van der Waals surface area contributed by atoms with Gasteiger partial charge >= 0.3 is 0 Å². The Morgan fingerprint density at radius 1 is 1.50 bits per heavy atom. The zero-order valence-electron chi connectivity index (χ0n) is 6.76. The molecule has 0 saturated carbocycles. The van der Waals surface area contributed by atoms with E-state index in [0.29, 0.717) is 11.1 Å². The summed E-state index contributed by atoms with van der Waals surface area (Å²) in [5.41, 5.74) is 0.906. The normalized spacial score (nSPS) is 8.92. The van der Waals surface area contributed by atoms with E-state index in [1.165, 1.54) is 0 Å². The molecule has 0 saturated heterocycles. The van der Waals surface area contributed by atoms with E-state index < -0.39 is 0 Å². The minimum absolute atomic E-state index is 0.243. The predicted octanol–water partition coefficient (Wildman–Crippen LogP) is 1.48. The molecule has 62 valence electrons. The zero-order chi connectivity index (χ0) is 8.97. The van der Waals surface area contributed by atoms with Crippen LogP contribution in [0.2, 0.25) is 0 Å². The van der Waals surface area contributed by atoms with Crippen molar-refractivity contribution in [3.8, 4) is 11.8 Å². The summed E-state index contributed by atoms with van der Waals surface area (Å²) >= 11 is 0. The van der Waals surface area contributed by atoms with Crippen LogP contribution < -0.4 is 0 Å². The molecule has 1 aromatic carbocycles. The lowest BCUT2D eigenvalue weighted by atomic mass is 10.1. The highest BCUT2D eigenvalue weighted by Gasteiger charge is 1.99. The van der Waals surface area contributed by atoms with Gasteiger partial charge in [-0.2, -0.15) is 0 Å². The average molecular weight is 164 g/mol. The van der Waals surface area contributed by atoms with Gasteiger partial charge in [0.05, 0.1) is 5.56 Å². The molecule has 0 aliphatic heterocycles. The first-order valence-corrected chi connectivity index (χ1v) is 3.60. The summed E-state index contributed by atoms with van der Waals surface area (Å²) in [4.78, 5) is 0. The maximum Gasteiger partial charge on any atom is 0.141 e. The van der Waals surface area contributed by atoms with Crippen molar-refractivity contribution in [1.29, 1.82) is 0 Å². The van der Waals surface area contributed by atoms with Crippen LogP contribution in [0.25, 0.3) is 0 Å². The molecule has 1 rings (SSSR count). The van der Waals surface area contributed by atoms with Crippen molar-refractivity contribution in [1.82, 2.24) is 0 Å². The van der Waals surface area contributed by atoms with Crippen LogP contribution in [0.3, 0.4) is 0 Å². The second-order valence-electron chi connectivity index (χ2n) is 2.40. The van der Waals surface area contributed by atoms with Gasteiger partial charge < -0.3 is 5.11 Å². The van der Waals surface area contributed by atoms with Gasteiger partial charge in [0.25, 0.3) is 0 Å². The fourth-order valence-corrected chi connectivity index (χ4v) is 0.879. The summed E-state index contributed by atoms with van der Waals surface area (Å²) in [6, 6.07) is 5.00. The SMILES string of the molecule is Cc1cccc(C#CCO)c1F. The molecule has 0 aliphatic carbocycles. The summed E-state index contributed by atoms with van der Waals surface area (Å²) in [6.45, 7) is 1.44. The van der Waals surface area contributed by atoms with Crippen LogP contribution in [0.1, 0.15) is 11.1 Å². The lowest BCUT2D eigenvalue weighted by Crippen LogP contribution is -1.87. The Bertz CT molecular complexity index is 333. The van der Waals surface area contributed by atoms with Crippen molar-refractivity contribution >= 4 is 0 Å². The highest BCUT2D eigenvalue weighted by atomic mass is 19.1. The third kappa shape index (κ3) is 1.84. The standard InChI is InChI=1S/C10H9FO/c1-8-4-2-5-9(10(8)11)6-3-7-12/h2,4-5,12H,7H2,1H3. The summed E-state index contributed by atoms with van der Waals surface area (Å²) < 4.78 is 13.1. The molecular weight excluding hydrogens is 155 g/mol. The molecule has 0 unspecified atom stereocenters. The highest BCUT2D eigenvalue weighted by Crippen LogP contribution is 2.09. The quantitative estimate of drug-likeness (QED) is 0.576. The van der Waals surface area contributed by atoms with Gasteiger partial charge in [-0.3, -0.25) is 0 Å². The van der Waals surface area contributed by atoms with Gasteiger partial charge in [0.1, 0.15) is 12.4 Å². The van der Waals surface area contributed by atoms with E-state index in [2.05, 4.69) is 11.8 Å². The summed E-state index contributed by atoms with van der Waals surface area (Å²) in [6.07, 6.45) is 0. The third-order valence-corrected chi connectivity index (χ3v) is 1.49. The van der Waals surface area contributed by atoms with E-state index in [4.69, 9.17) is 5.11 Å². The fraction of sp³-hybridized carbons (Fsp3) is 0.200. The summed E-state index contributed by atoms with van der Waals surface area (Å²) in [7, 11) is 0. The van der Waals surface area contributed by atoms with Crippen LogP contribution in [0.4, 0.5) is 4.39 Å². The molecule has 0 fully saturated rings. The van der Waals surface area contributed by atoms with Crippen LogP contribution >= 0.6 is 0 Å². The Hall–Kier alpha value is -1.33. The molecule has 0 heterocycles. The molecule has 1 nitrogen and oxygen atoms in total. The molecule has 0 bridgehead atoms. The largest absolute Gasteiger partial charge is 0.384 e. The minimum atomic E-state index is -0.307. The van der Waals surface area contributed by atoms with Crippen molar-refractivity contribution < 1.29 is 9.50 Å². The number of benzene rings is 1. The monoisotopic (exact) mass is 164 g/mol. The van der Waals surface area contributed by atoms with Crippen molar-refractivity contribution in [2.24, 2.45) is 0 Å².